The van der Waals surface area contributed by atoms with Gasteiger partial charge in [0.2, 0.25) is 0 Å². The van der Waals surface area contributed by atoms with E-state index in [9.17, 15) is 4.79 Å². The first-order valence-corrected chi connectivity index (χ1v) is 13.8. The maximum Gasteiger partial charge on any atom is 0.196 e. The van der Waals surface area contributed by atoms with Crippen LogP contribution >= 0.6 is 0 Å². The smallest absolute Gasteiger partial charge is 0.196 e. The molecule has 1 atom stereocenters. The van der Waals surface area contributed by atoms with Gasteiger partial charge in [-0.25, -0.2) is 4.39 Å². The van der Waals surface area contributed by atoms with Crippen LogP contribution in [0.5, 0.6) is 11.5 Å². The Morgan fingerprint density at radius 3 is 2.49 bits per heavy atom. The molecule has 0 saturated carbocycles. The normalized spacial score (nSPS) is 19.1. The number of benzene rings is 2. The highest BCUT2D eigenvalue weighted by Crippen LogP contribution is 2.41. The predicted molar refractivity (Wildman–Crippen MR) is 147 cm³/mol. The fourth-order valence-corrected chi connectivity index (χ4v) is 5.45. The molecule has 0 radical (unpaired) electrons. The number of nitrogens with zero attached hydrogens (tertiary/aromatic N) is 2. The Bertz CT molecular complexity index is 1070. The lowest BCUT2D eigenvalue weighted by atomic mass is 9.80. The summed E-state index contributed by atoms with van der Waals surface area (Å²) in [6.07, 6.45) is 7.54. The van der Waals surface area contributed by atoms with Gasteiger partial charge in [-0.15, -0.1) is 0 Å². The molecule has 6 heteroatoms. The van der Waals surface area contributed by atoms with Gasteiger partial charge < -0.3 is 19.3 Å². The minimum Gasteiger partial charge on any atom is -0.497 e. The van der Waals surface area contributed by atoms with Gasteiger partial charge in [-0.05, 0) is 81.4 Å². The molecule has 0 N–H and O–H groups in total. The van der Waals surface area contributed by atoms with Crippen LogP contribution in [-0.4, -0.2) is 69.1 Å². The Morgan fingerprint density at radius 2 is 1.78 bits per heavy atom. The number of hydrogen-bond donors (Lipinski definition) is 0. The van der Waals surface area contributed by atoms with Gasteiger partial charge in [0.25, 0.3) is 0 Å². The Morgan fingerprint density at radius 1 is 1.03 bits per heavy atom. The second-order valence-electron chi connectivity index (χ2n) is 10.3. The van der Waals surface area contributed by atoms with E-state index in [1.165, 1.54) is 6.07 Å². The molecule has 1 heterocycles. The summed E-state index contributed by atoms with van der Waals surface area (Å²) in [6, 6.07) is 10.5. The zero-order valence-corrected chi connectivity index (χ0v) is 22.6. The highest BCUT2D eigenvalue weighted by Gasteiger charge is 2.30. The van der Waals surface area contributed by atoms with E-state index in [-0.39, 0.29) is 17.3 Å². The standard InChI is InChI=1S/C31H41FN2O3/c1-4-22-37-28-16-15-27(32)30-29(28)24(8-5-6-17-34-20-18-33(2)19-21-34)9-7-10-26(31(30)35)23-11-13-25(36-3)14-12-23/h10-16,24H,4-9,17-22H2,1-3H3. The molecule has 1 fully saturated rings. The number of allylic oxidation sites excluding steroid dienone is 2. The van der Waals surface area contributed by atoms with Crippen molar-refractivity contribution in [3.05, 3.63) is 65.0 Å². The molecule has 1 aliphatic heterocycles. The van der Waals surface area contributed by atoms with Crippen molar-refractivity contribution < 1.29 is 18.7 Å². The van der Waals surface area contributed by atoms with Crippen LogP contribution in [0.4, 0.5) is 4.39 Å². The van der Waals surface area contributed by atoms with E-state index in [0.29, 0.717) is 17.9 Å². The molecule has 0 aromatic heterocycles. The van der Waals surface area contributed by atoms with Crippen molar-refractivity contribution in [2.75, 3.05) is 53.5 Å². The Kier molecular flexibility index (Phi) is 9.75. The molecule has 5 nitrogen and oxygen atoms in total. The first-order chi connectivity index (χ1) is 18.0. The molecule has 0 amide bonds. The van der Waals surface area contributed by atoms with E-state index in [4.69, 9.17) is 9.47 Å². The summed E-state index contributed by atoms with van der Waals surface area (Å²) < 4.78 is 26.8. The van der Waals surface area contributed by atoms with Crippen molar-refractivity contribution in [3.8, 4) is 11.5 Å². The number of likely N-dealkylation sites (N-methyl/N-ethyl adjacent to an activating group) is 1. The van der Waals surface area contributed by atoms with Crippen molar-refractivity contribution in [2.24, 2.45) is 0 Å². The molecule has 1 saturated heterocycles. The summed E-state index contributed by atoms with van der Waals surface area (Å²) in [5, 5.41) is 0. The summed E-state index contributed by atoms with van der Waals surface area (Å²) >= 11 is 0. The van der Waals surface area contributed by atoms with Crippen molar-refractivity contribution >= 4 is 11.4 Å². The molecule has 37 heavy (non-hydrogen) atoms. The lowest BCUT2D eigenvalue weighted by Crippen LogP contribution is -2.44. The summed E-state index contributed by atoms with van der Waals surface area (Å²) in [5.74, 6) is 0.741. The molecule has 200 valence electrons. The first kappa shape index (κ1) is 27.3. The number of piperazine rings is 1. The number of unbranched alkanes of at least 4 members (excludes halogenated alkanes) is 1. The van der Waals surface area contributed by atoms with Crippen LogP contribution in [0.25, 0.3) is 5.57 Å². The van der Waals surface area contributed by atoms with Crippen LogP contribution in [0.15, 0.2) is 42.5 Å². The topological polar surface area (TPSA) is 42.0 Å². The Hall–Kier alpha value is -2.70. The number of carbonyl (C=O) groups is 1. The van der Waals surface area contributed by atoms with Gasteiger partial charge in [0.05, 0.1) is 19.3 Å². The first-order valence-electron chi connectivity index (χ1n) is 13.8. The van der Waals surface area contributed by atoms with Crippen LogP contribution in [0, 0.1) is 5.82 Å². The lowest BCUT2D eigenvalue weighted by molar-refractivity contribution is 0.104. The molecule has 1 unspecified atom stereocenters. The summed E-state index contributed by atoms with van der Waals surface area (Å²) in [6.45, 7) is 8.18. The van der Waals surface area contributed by atoms with E-state index in [1.54, 1.807) is 13.2 Å². The summed E-state index contributed by atoms with van der Waals surface area (Å²) in [5.41, 5.74) is 2.27. The number of fused-ring (bicyclic) bond motifs is 1. The second-order valence-corrected chi connectivity index (χ2v) is 10.3. The van der Waals surface area contributed by atoms with E-state index in [0.717, 1.165) is 88.1 Å². The van der Waals surface area contributed by atoms with Gasteiger partial charge in [0.1, 0.15) is 17.3 Å². The van der Waals surface area contributed by atoms with Gasteiger partial charge in [0.15, 0.2) is 5.78 Å². The molecule has 0 spiro atoms. The average molecular weight is 509 g/mol. The van der Waals surface area contributed by atoms with Gasteiger partial charge in [0, 0.05) is 37.3 Å². The second kappa shape index (κ2) is 13.2. The number of Topliss-reactive ketones (excluding diaryl/α,β-unsaturated/α-hetero) is 1. The number of ether oxygens (including phenoxy) is 2. The maximum absolute atomic E-state index is 15.4. The van der Waals surface area contributed by atoms with Crippen LogP contribution in [0.1, 0.15) is 72.9 Å². The number of halogens is 1. The largest absolute Gasteiger partial charge is 0.497 e. The molecule has 0 bridgehead atoms. The third-order valence-corrected chi connectivity index (χ3v) is 7.63. The highest BCUT2D eigenvalue weighted by atomic mass is 19.1. The lowest BCUT2D eigenvalue weighted by Gasteiger charge is -2.32. The SMILES string of the molecule is CCCOc1ccc(F)c2c1C(CCCCN1CCN(C)CC1)CCC=C(c1ccc(OC)cc1)C2=O. The summed E-state index contributed by atoms with van der Waals surface area (Å²) in [4.78, 5) is 18.8. The van der Waals surface area contributed by atoms with Gasteiger partial charge >= 0.3 is 0 Å². The summed E-state index contributed by atoms with van der Waals surface area (Å²) in [7, 11) is 3.79. The Labute approximate surface area is 221 Å². The predicted octanol–water partition coefficient (Wildman–Crippen LogP) is 6.18. The number of ketones is 1. The van der Waals surface area contributed by atoms with Crippen LogP contribution in [0.2, 0.25) is 0 Å². The number of rotatable bonds is 10. The number of hydrogen-bond acceptors (Lipinski definition) is 5. The van der Waals surface area contributed by atoms with Crippen molar-refractivity contribution in [1.29, 1.82) is 0 Å². The van der Waals surface area contributed by atoms with Crippen molar-refractivity contribution in [1.82, 2.24) is 9.80 Å². The highest BCUT2D eigenvalue weighted by molar-refractivity contribution is 6.29. The van der Waals surface area contributed by atoms with E-state index in [1.807, 2.05) is 30.3 Å². The van der Waals surface area contributed by atoms with Crippen molar-refractivity contribution in [2.45, 2.75) is 51.4 Å². The van der Waals surface area contributed by atoms with Gasteiger partial charge in [-0.1, -0.05) is 31.6 Å². The molecule has 1 aliphatic carbocycles. The number of carbonyl (C=O) groups excluding carboxylic acids is 1. The van der Waals surface area contributed by atoms with Crippen molar-refractivity contribution in [3.63, 3.8) is 0 Å². The minimum absolute atomic E-state index is 0.0858. The monoisotopic (exact) mass is 508 g/mol. The van der Waals surface area contributed by atoms with E-state index in [2.05, 4.69) is 23.8 Å². The Balaban J connectivity index is 1.58. The maximum atomic E-state index is 15.4. The van der Waals surface area contributed by atoms with Crippen LogP contribution in [-0.2, 0) is 0 Å². The molecule has 2 aromatic rings. The third kappa shape index (κ3) is 6.79. The van der Waals surface area contributed by atoms with Crippen LogP contribution < -0.4 is 9.47 Å². The molecule has 4 rings (SSSR count). The fraction of sp³-hybridized carbons (Fsp3) is 0.516. The fourth-order valence-electron chi connectivity index (χ4n) is 5.45. The molecule has 2 aromatic carbocycles. The molecule has 2 aliphatic rings. The third-order valence-electron chi connectivity index (χ3n) is 7.63. The molecular formula is C31H41FN2O3. The average Bonchev–Trinajstić information content (AvgIpc) is 2.91. The zero-order chi connectivity index (χ0) is 26.2. The minimum atomic E-state index is -0.465. The zero-order valence-electron chi connectivity index (χ0n) is 22.6. The number of methoxy groups -OCH3 is 1. The van der Waals surface area contributed by atoms with Gasteiger partial charge in [-0.3, -0.25) is 4.79 Å². The molecular weight excluding hydrogens is 467 g/mol. The van der Waals surface area contributed by atoms with Gasteiger partial charge in [-0.2, -0.15) is 0 Å². The van der Waals surface area contributed by atoms with Crippen LogP contribution in [0.3, 0.4) is 0 Å². The quantitative estimate of drug-likeness (QED) is 0.358. The van der Waals surface area contributed by atoms with E-state index >= 15 is 4.39 Å². The van der Waals surface area contributed by atoms with E-state index < -0.39 is 5.82 Å².